The molecule has 2 aromatic carbocycles. The molecule has 0 saturated carbocycles. The Morgan fingerprint density at radius 2 is 1.82 bits per heavy atom. The summed E-state index contributed by atoms with van der Waals surface area (Å²) in [5, 5.41) is 12.3. The van der Waals surface area contributed by atoms with Gasteiger partial charge in [0.1, 0.15) is 5.75 Å². The Hall–Kier alpha value is -1.84. The number of aliphatic hydroxyl groups is 1. The minimum Gasteiger partial charge on any atom is -0.496 e. The van der Waals surface area contributed by atoms with Crippen molar-refractivity contribution in [3.05, 3.63) is 54.1 Å². The van der Waals surface area contributed by atoms with E-state index in [2.05, 4.69) is 42.6 Å². The number of para-hydroxylation sites is 1. The molecule has 0 aromatic heterocycles. The van der Waals surface area contributed by atoms with Crippen LogP contribution in [0.15, 0.2) is 48.5 Å². The average molecular weight is 299 g/mol. The number of nitrogens with one attached hydrogen (secondary N) is 1. The fourth-order valence-corrected chi connectivity index (χ4v) is 2.47. The molecule has 1 unspecified atom stereocenters. The second-order valence-electron chi connectivity index (χ2n) is 5.65. The molecular weight excluding hydrogens is 274 g/mol. The highest BCUT2D eigenvalue weighted by atomic mass is 16.5. The van der Waals surface area contributed by atoms with Gasteiger partial charge in [-0.2, -0.15) is 0 Å². The summed E-state index contributed by atoms with van der Waals surface area (Å²) in [7, 11) is 1.70. The van der Waals surface area contributed by atoms with Crippen LogP contribution in [0.2, 0.25) is 0 Å². The van der Waals surface area contributed by atoms with Gasteiger partial charge in [-0.25, -0.2) is 0 Å². The van der Waals surface area contributed by atoms with Gasteiger partial charge < -0.3 is 15.2 Å². The molecule has 1 atom stereocenters. The molecule has 0 aliphatic carbocycles. The average Bonchev–Trinajstić information content (AvgIpc) is 2.56. The van der Waals surface area contributed by atoms with Crippen LogP contribution in [-0.2, 0) is 6.54 Å². The van der Waals surface area contributed by atoms with E-state index in [4.69, 9.17) is 9.84 Å². The first kappa shape index (κ1) is 16.5. The summed E-state index contributed by atoms with van der Waals surface area (Å²) in [4.78, 5) is 0. The zero-order chi connectivity index (χ0) is 15.8. The highest BCUT2D eigenvalue weighted by molar-refractivity contribution is 5.70. The molecule has 118 valence electrons. The summed E-state index contributed by atoms with van der Waals surface area (Å²) in [6, 6.07) is 16.6. The summed E-state index contributed by atoms with van der Waals surface area (Å²) >= 11 is 0. The minimum atomic E-state index is 0.260. The van der Waals surface area contributed by atoms with Crippen molar-refractivity contribution in [2.24, 2.45) is 5.92 Å². The lowest BCUT2D eigenvalue weighted by Crippen LogP contribution is -2.21. The first-order valence-corrected chi connectivity index (χ1v) is 7.78. The Morgan fingerprint density at radius 1 is 1.09 bits per heavy atom. The maximum atomic E-state index is 8.90. The summed E-state index contributed by atoms with van der Waals surface area (Å²) in [6.07, 6.45) is 0.847. The minimum absolute atomic E-state index is 0.260. The third-order valence-electron chi connectivity index (χ3n) is 3.82. The van der Waals surface area contributed by atoms with Gasteiger partial charge in [-0.1, -0.05) is 49.4 Å². The topological polar surface area (TPSA) is 41.5 Å². The van der Waals surface area contributed by atoms with E-state index in [0.29, 0.717) is 5.92 Å². The standard InChI is InChI=1S/C19H25NO2/c1-15(11-12-21)13-20-14-16-7-9-17(10-8-16)18-5-3-4-6-19(18)22-2/h3-10,15,20-21H,11-14H2,1-2H3. The summed E-state index contributed by atoms with van der Waals surface area (Å²) in [5.74, 6) is 1.39. The maximum Gasteiger partial charge on any atom is 0.126 e. The second kappa shape index (κ2) is 8.57. The van der Waals surface area contributed by atoms with E-state index in [1.807, 2.05) is 18.2 Å². The summed E-state index contributed by atoms with van der Waals surface area (Å²) < 4.78 is 5.41. The van der Waals surface area contributed by atoms with Crippen molar-refractivity contribution in [1.29, 1.82) is 0 Å². The van der Waals surface area contributed by atoms with E-state index in [0.717, 1.165) is 36.4 Å². The van der Waals surface area contributed by atoms with Gasteiger partial charge in [-0.3, -0.25) is 0 Å². The van der Waals surface area contributed by atoms with Crippen molar-refractivity contribution in [3.8, 4) is 16.9 Å². The van der Waals surface area contributed by atoms with E-state index < -0.39 is 0 Å². The van der Waals surface area contributed by atoms with E-state index in [-0.39, 0.29) is 6.61 Å². The number of hydrogen-bond acceptors (Lipinski definition) is 3. The third-order valence-corrected chi connectivity index (χ3v) is 3.82. The van der Waals surface area contributed by atoms with Crippen LogP contribution in [0.25, 0.3) is 11.1 Å². The number of benzene rings is 2. The largest absolute Gasteiger partial charge is 0.496 e. The molecule has 22 heavy (non-hydrogen) atoms. The third kappa shape index (κ3) is 4.58. The van der Waals surface area contributed by atoms with Crippen molar-refractivity contribution in [2.45, 2.75) is 19.9 Å². The predicted octanol–water partition coefficient (Wildman–Crippen LogP) is 3.47. The van der Waals surface area contributed by atoms with Crippen LogP contribution in [0.1, 0.15) is 18.9 Å². The van der Waals surface area contributed by atoms with E-state index in [1.165, 1.54) is 5.56 Å². The Morgan fingerprint density at radius 3 is 2.50 bits per heavy atom. The number of hydrogen-bond donors (Lipinski definition) is 2. The zero-order valence-corrected chi connectivity index (χ0v) is 13.4. The van der Waals surface area contributed by atoms with Crippen LogP contribution in [0, 0.1) is 5.92 Å². The van der Waals surface area contributed by atoms with Gasteiger partial charge in [0.05, 0.1) is 7.11 Å². The van der Waals surface area contributed by atoms with Gasteiger partial charge in [0.2, 0.25) is 0 Å². The molecule has 0 aliphatic heterocycles. The van der Waals surface area contributed by atoms with Gasteiger partial charge in [-0.15, -0.1) is 0 Å². The van der Waals surface area contributed by atoms with Crippen LogP contribution >= 0.6 is 0 Å². The van der Waals surface area contributed by atoms with Gasteiger partial charge in [-0.05, 0) is 36.1 Å². The lowest BCUT2D eigenvalue weighted by Gasteiger charge is -2.12. The van der Waals surface area contributed by atoms with E-state index >= 15 is 0 Å². The molecular formula is C19H25NO2. The number of ether oxygens (including phenoxy) is 1. The van der Waals surface area contributed by atoms with Gasteiger partial charge in [0.25, 0.3) is 0 Å². The van der Waals surface area contributed by atoms with Gasteiger partial charge >= 0.3 is 0 Å². The molecule has 0 spiro atoms. The number of aliphatic hydroxyl groups excluding tert-OH is 1. The fourth-order valence-electron chi connectivity index (χ4n) is 2.47. The van der Waals surface area contributed by atoms with Crippen LogP contribution in [0.3, 0.4) is 0 Å². The molecule has 3 heteroatoms. The molecule has 2 aromatic rings. The zero-order valence-electron chi connectivity index (χ0n) is 13.4. The molecule has 0 aliphatic rings. The molecule has 0 bridgehead atoms. The first-order chi connectivity index (χ1) is 10.7. The Kier molecular flexibility index (Phi) is 6.44. The van der Waals surface area contributed by atoms with Crippen molar-refractivity contribution in [2.75, 3.05) is 20.3 Å². The fraction of sp³-hybridized carbons (Fsp3) is 0.368. The normalized spacial score (nSPS) is 12.1. The smallest absolute Gasteiger partial charge is 0.126 e. The van der Waals surface area contributed by atoms with Crippen molar-refractivity contribution in [3.63, 3.8) is 0 Å². The van der Waals surface area contributed by atoms with Crippen LogP contribution in [0.5, 0.6) is 5.75 Å². The van der Waals surface area contributed by atoms with Crippen molar-refractivity contribution in [1.82, 2.24) is 5.32 Å². The SMILES string of the molecule is COc1ccccc1-c1ccc(CNCC(C)CCO)cc1. The van der Waals surface area contributed by atoms with Crippen LogP contribution in [-0.4, -0.2) is 25.4 Å². The predicted molar refractivity (Wildman–Crippen MR) is 91.0 cm³/mol. The molecule has 2 N–H and O–H groups in total. The second-order valence-corrected chi connectivity index (χ2v) is 5.65. The Balaban J connectivity index is 1.96. The van der Waals surface area contributed by atoms with Crippen LogP contribution < -0.4 is 10.1 Å². The van der Waals surface area contributed by atoms with Crippen molar-refractivity contribution >= 4 is 0 Å². The molecule has 0 amide bonds. The highest BCUT2D eigenvalue weighted by Crippen LogP contribution is 2.29. The first-order valence-electron chi connectivity index (χ1n) is 7.78. The monoisotopic (exact) mass is 299 g/mol. The number of rotatable bonds is 8. The molecule has 0 saturated heterocycles. The lowest BCUT2D eigenvalue weighted by atomic mass is 10.0. The molecule has 3 nitrogen and oxygen atoms in total. The maximum absolute atomic E-state index is 8.90. The Labute approximate surface area is 133 Å². The van der Waals surface area contributed by atoms with Gasteiger partial charge in [0.15, 0.2) is 0 Å². The molecule has 0 heterocycles. The Bertz CT molecular complexity index is 566. The molecule has 0 fully saturated rings. The molecule has 0 radical (unpaired) electrons. The summed E-state index contributed by atoms with van der Waals surface area (Å²) in [5.41, 5.74) is 3.53. The van der Waals surface area contributed by atoms with Crippen LogP contribution in [0.4, 0.5) is 0 Å². The number of methoxy groups -OCH3 is 1. The molecule has 2 rings (SSSR count). The van der Waals surface area contributed by atoms with Crippen molar-refractivity contribution < 1.29 is 9.84 Å². The highest BCUT2D eigenvalue weighted by Gasteiger charge is 2.05. The van der Waals surface area contributed by atoms with E-state index in [1.54, 1.807) is 7.11 Å². The lowest BCUT2D eigenvalue weighted by molar-refractivity contribution is 0.260. The summed E-state index contributed by atoms with van der Waals surface area (Å²) in [6.45, 7) is 4.18. The quantitative estimate of drug-likeness (QED) is 0.784. The van der Waals surface area contributed by atoms with Gasteiger partial charge in [0, 0.05) is 18.7 Å². The van der Waals surface area contributed by atoms with E-state index in [9.17, 15) is 0 Å².